The minimum atomic E-state index is -0.108. The summed E-state index contributed by atoms with van der Waals surface area (Å²) in [7, 11) is 0. The van der Waals surface area contributed by atoms with Crippen molar-refractivity contribution in [3.63, 3.8) is 0 Å². The van der Waals surface area contributed by atoms with Gasteiger partial charge < -0.3 is 4.57 Å². The van der Waals surface area contributed by atoms with E-state index in [0.717, 1.165) is 10.9 Å². The quantitative estimate of drug-likeness (QED) is 0.648. The van der Waals surface area contributed by atoms with E-state index in [0.29, 0.717) is 19.8 Å². The van der Waals surface area contributed by atoms with Crippen LogP contribution in [0.1, 0.15) is 15.9 Å². The van der Waals surface area contributed by atoms with Crippen molar-refractivity contribution in [2.45, 2.75) is 6.54 Å². The van der Waals surface area contributed by atoms with E-state index in [9.17, 15) is 4.79 Å². The number of nitrogens with zero attached hydrogens (tertiary/aromatic N) is 2. The molecule has 3 aromatic rings. The number of ketones is 1. The highest BCUT2D eigenvalue weighted by molar-refractivity contribution is 7.20. The monoisotopic (exact) mass is 334 g/mol. The van der Waals surface area contributed by atoms with Gasteiger partial charge in [-0.15, -0.1) is 11.3 Å². The maximum atomic E-state index is 12.3. The maximum Gasteiger partial charge on any atom is 0.184 e. The van der Waals surface area contributed by atoms with E-state index in [4.69, 9.17) is 28.5 Å². The van der Waals surface area contributed by atoms with Crippen LogP contribution in [0.25, 0.3) is 10.9 Å². The Kier molecular flexibility index (Phi) is 3.73. The minimum absolute atomic E-state index is 0.108. The molecule has 0 saturated carbocycles. The summed E-state index contributed by atoms with van der Waals surface area (Å²) >= 11 is 13.0. The number of hydrogen-bond donors (Lipinski definition) is 0. The van der Waals surface area contributed by atoms with Crippen LogP contribution in [0.15, 0.2) is 36.5 Å². The molecule has 0 fully saturated rings. The van der Waals surface area contributed by atoms with Crippen molar-refractivity contribution in [1.29, 1.82) is 5.26 Å². The van der Waals surface area contributed by atoms with Crippen molar-refractivity contribution >= 4 is 51.2 Å². The summed E-state index contributed by atoms with van der Waals surface area (Å²) < 4.78 is 2.70. The molecule has 21 heavy (non-hydrogen) atoms. The number of Topliss-reactive ketones (excluding diaryl/α,β-unsaturated/α-hetero) is 1. The summed E-state index contributed by atoms with van der Waals surface area (Å²) in [5.41, 5.74) is 1.84. The Morgan fingerprint density at radius 2 is 2.10 bits per heavy atom. The zero-order valence-corrected chi connectivity index (χ0v) is 13.0. The summed E-state index contributed by atoms with van der Waals surface area (Å²) in [5, 5.41) is 9.95. The second-order valence-corrected chi connectivity index (χ2v) is 6.78. The Hall–Kier alpha value is -1.80. The third-order valence-corrected chi connectivity index (χ3v) is 4.66. The molecule has 0 aliphatic rings. The normalized spacial score (nSPS) is 10.7. The molecule has 2 aromatic heterocycles. The smallest absolute Gasteiger partial charge is 0.184 e. The second kappa shape index (κ2) is 5.53. The summed E-state index contributed by atoms with van der Waals surface area (Å²) in [4.78, 5) is 12.3. The highest BCUT2D eigenvalue weighted by Crippen LogP contribution is 2.31. The molecule has 0 bridgehead atoms. The van der Waals surface area contributed by atoms with Gasteiger partial charge in [0.1, 0.15) is 4.34 Å². The number of aromatic nitrogens is 1. The highest BCUT2D eigenvalue weighted by Gasteiger charge is 2.15. The minimum Gasteiger partial charge on any atom is -0.340 e. The molecule has 6 heteroatoms. The van der Waals surface area contributed by atoms with Crippen molar-refractivity contribution in [2.75, 3.05) is 0 Å². The van der Waals surface area contributed by atoms with Gasteiger partial charge in [-0.2, -0.15) is 5.26 Å². The van der Waals surface area contributed by atoms with E-state index < -0.39 is 0 Å². The predicted octanol–water partition coefficient (Wildman–Crippen LogP) is 4.76. The molecule has 0 saturated heterocycles. The lowest BCUT2D eigenvalue weighted by molar-refractivity contribution is 0.0974. The van der Waals surface area contributed by atoms with E-state index in [1.54, 1.807) is 22.8 Å². The maximum absolute atomic E-state index is 12.3. The van der Waals surface area contributed by atoms with Gasteiger partial charge in [0.05, 0.1) is 28.1 Å². The number of rotatable bonds is 3. The zero-order valence-electron chi connectivity index (χ0n) is 10.6. The van der Waals surface area contributed by atoms with Crippen molar-refractivity contribution in [3.8, 4) is 6.07 Å². The summed E-state index contributed by atoms with van der Waals surface area (Å²) in [6.07, 6.45) is 1.83. The van der Waals surface area contributed by atoms with Gasteiger partial charge in [-0.3, -0.25) is 4.79 Å². The molecular weight excluding hydrogens is 327 g/mol. The van der Waals surface area contributed by atoms with Crippen LogP contribution in [-0.4, -0.2) is 10.4 Å². The SMILES string of the molecule is N#Cc1ccc2ccn(CC(=O)c3cc(Cl)sc3Cl)c2c1. The third kappa shape index (κ3) is 2.68. The van der Waals surface area contributed by atoms with Crippen LogP contribution in [0.4, 0.5) is 0 Å². The fourth-order valence-electron chi connectivity index (χ4n) is 2.16. The molecule has 0 atom stereocenters. The van der Waals surface area contributed by atoms with Gasteiger partial charge in [0.25, 0.3) is 0 Å². The molecule has 0 spiro atoms. The predicted molar refractivity (Wildman–Crippen MR) is 85.3 cm³/mol. The molecule has 0 aliphatic carbocycles. The Morgan fingerprint density at radius 3 is 2.76 bits per heavy atom. The molecule has 0 unspecified atom stereocenters. The lowest BCUT2D eigenvalue weighted by Gasteiger charge is -2.04. The van der Waals surface area contributed by atoms with Crippen LogP contribution >= 0.6 is 34.5 Å². The fourth-order valence-corrected chi connectivity index (χ4v) is 3.66. The van der Waals surface area contributed by atoms with E-state index in [1.807, 2.05) is 18.3 Å². The molecule has 3 nitrogen and oxygen atoms in total. The van der Waals surface area contributed by atoms with Crippen molar-refractivity contribution in [3.05, 3.63) is 56.3 Å². The zero-order chi connectivity index (χ0) is 15.0. The second-order valence-electron chi connectivity index (χ2n) is 4.49. The Balaban J connectivity index is 1.96. The third-order valence-electron chi connectivity index (χ3n) is 3.17. The molecule has 0 radical (unpaired) electrons. The number of thiophene rings is 1. The van der Waals surface area contributed by atoms with Gasteiger partial charge in [0.2, 0.25) is 0 Å². The number of carbonyl (C=O) groups excluding carboxylic acids is 1. The number of halogens is 2. The average Bonchev–Trinajstić information content (AvgIpc) is 3.01. The number of fused-ring (bicyclic) bond motifs is 1. The standard InChI is InChI=1S/C15H8Cl2N2OS/c16-14-6-11(15(17)21-14)13(20)8-19-4-3-10-2-1-9(7-18)5-12(10)19/h1-6H,8H2. The summed E-state index contributed by atoms with van der Waals surface area (Å²) in [5.74, 6) is -0.108. The number of benzene rings is 1. The highest BCUT2D eigenvalue weighted by atomic mass is 35.5. The van der Waals surface area contributed by atoms with Gasteiger partial charge in [-0.05, 0) is 29.7 Å². The van der Waals surface area contributed by atoms with Gasteiger partial charge in [0.15, 0.2) is 5.78 Å². The molecule has 0 amide bonds. The molecule has 3 rings (SSSR count). The van der Waals surface area contributed by atoms with E-state index in [-0.39, 0.29) is 12.3 Å². The molecule has 0 aliphatic heterocycles. The molecule has 1 aromatic carbocycles. The first-order valence-electron chi connectivity index (χ1n) is 6.05. The van der Waals surface area contributed by atoms with Crippen LogP contribution in [0.5, 0.6) is 0 Å². The van der Waals surface area contributed by atoms with Gasteiger partial charge in [0, 0.05) is 11.7 Å². The Bertz CT molecular complexity index is 889. The average molecular weight is 335 g/mol. The fraction of sp³-hybridized carbons (Fsp3) is 0.0667. The Labute approximate surface area is 134 Å². The van der Waals surface area contributed by atoms with Crippen LogP contribution < -0.4 is 0 Å². The lowest BCUT2D eigenvalue weighted by Crippen LogP contribution is -2.09. The molecule has 0 N–H and O–H groups in total. The number of hydrogen-bond acceptors (Lipinski definition) is 3. The summed E-state index contributed by atoms with van der Waals surface area (Å²) in [6, 6.07) is 11.0. The van der Waals surface area contributed by atoms with Crippen molar-refractivity contribution < 1.29 is 4.79 Å². The van der Waals surface area contributed by atoms with E-state index in [1.165, 1.54) is 11.3 Å². The molecule has 104 valence electrons. The first-order chi connectivity index (χ1) is 10.1. The number of nitriles is 1. The largest absolute Gasteiger partial charge is 0.340 e. The summed E-state index contributed by atoms with van der Waals surface area (Å²) in [6.45, 7) is 0.158. The van der Waals surface area contributed by atoms with Crippen LogP contribution in [0.3, 0.4) is 0 Å². The van der Waals surface area contributed by atoms with Crippen LogP contribution in [0, 0.1) is 11.3 Å². The molecule has 2 heterocycles. The van der Waals surface area contributed by atoms with E-state index >= 15 is 0 Å². The van der Waals surface area contributed by atoms with Crippen molar-refractivity contribution in [1.82, 2.24) is 4.57 Å². The van der Waals surface area contributed by atoms with Crippen molar-refractivity contribution in [2.24, 2.45) is 0 Å². The van der Waals surface area contributed by atoms with Gasteiger partial charge in [-0.25, -0.2) is 0 Å². The van der Waals surface area contributed by atoms with Gasteiger partial charge >= 0.3 is 0 Å². The Morgan fingerprint density at radius 1 is 1.29 bits per heavy atom. The van der Waals surface area contributed by atoms with Crippen LogP contribution in [-0.2, 0) is 6.54 Å². The van der Waals surface area contributed by atoms with Gasteiger partial charge in [-0.1, -0.05) is 29.3 Å². The number of carbonyl (C=O) groups is 1. The molecular formula is C15H8Cl2N2OS. The van der Waals surface area contributed by atoms with Crippen LogP contribution in [0.2, 0.25) is 8.67 Å². The first kappa shape index (κ1) is 14.2. The first-order valence-corrected chi connectivity index (χ1v) is 7.63. The topological polar surface area (TPSA) is 45.8 Å². The lowest BCUT2D eigenvalue weighted by atomic mass is 10.2. The van der Waals surface area contributed by atoms with E-state index in [2.05, 4.69) is 6.07 Å².